The van der Waals surface area contributed by atoms with Gasteiger partial charge in [-0.1, -0.05) is 11.8 Å². The Bertz CT molecular complexity index is 294. The van der Waals surface area contributed by atoms with Crippen molar-refractivity contribution >= 4 is 22.9 Å². The van der Waals surface area contributed by atoms with Crippen LogP contribution in [0.25, 0.3) is 0 Å². The molecule has 7 heteroatoms. The summed E-state index contributed by atoms with van der Waals surface area (Å²) in [5.41, 5.74) is 0. The first kappa shape index (κ1) is 12.7. The Hall–Kier alpha value is -0.790. The Morgan fingerprint density at radius 2 is 2.24 bits per heavy atom. The highest BCUT2D eigenvalue weighted by Gasteiger charge is 2.27. The van der Waals surface area contributed by atoms with Crippen molar-refractivity contribution in [2.45, 2.75) is 6.04 Å². The maximum absolute atomic E-state index is 11.7. The van der Waals surface area contributed by atoms with E-state index in [4.69, 9.17) is 0 Å². The van der Waals surface area contributed by atoms with E-state index in [1.165, 1.54) is 11.8 Å². The summed E-state index contributed by atoms with van der Waals surface area (Å²) in [5, 5.41) is 8.67. The van der Waals surface area contributed by atoms with Gasteiger partial charge in [-0.15, -0.1) is 0 Å². The van der Waals surface area contributed by atoms with Gasteiger partial charge in [-0.2, -0.15) is 0 Å². The van der Waals surface area contributed by atoms with Gasteiger partial charge in [-0.05, 0) is 0 Å². The molecule has 0 radical (unpaired) electrons. The van der Waals surface area contributed by atoms with Crippen LogP contribution < -0.4 is 16.0 Å². The molecular formula is C10H18N4O2S. The van der Waals surface area contributed by atoms with Gasteiger partial charge in [0.15, 0.2) is 0 Å². The number of carbonyl (C=O) groups excluding carboxylic acids is 2. The number of hydrogen-bond acceptors (Lipinski definition) is 5. The third-order valence-electron chi connectivity index (χ3n) is 2.93. The van der Waals surface area contributed by atoms with Crippen LogP contribution in [0.2, 0.25) is 0 Å². The molecule has 2 heterocycles. The highest BCUT2D eigenvalue weighted by Crippen LogP contribution is 2.12. The SMILES string of the molecule is O=C1N[C@H](C(=O)NCCN2CCNCC2)CS1. The smallest absolute Gasteiger partial charge is 0.279 e. The van der Waals surface area contributed by atoms with Crippen LogP contribution in [-0.2, 0) is 4.79 Å². The Morgan fingerprint density at radius 3 is 2.88 bits per heavy atom. The molecule has 2 aliphatic heterocycles. The van der Waals surface area contributed by atoms with E-state index in [0.29, 0.717) is 12.3 Å². The topological polar surface area (TPSA) is 73.5 Å². The van der Waals surface area contributed by atoms with E-state index in [2.05, 4.69) is 20.9 Å². The second-order valence-electron chi connectivity index (χ2n) is 4.18. The predicted octanol–water partition coefficient (Wildman–Crippen LogP) is -1.17. The van der Waals surface area contributed by atoms with Gasteiger partial charge < -0.3 is 16.0 Å². The minimum Gasteiger partial charge on any atom is -0.353 e. The zero-order chi connectivity index (χ0) is 12.1. The summed E-state index contributed by atoms with van der Waals surface area (Å²) in [7, 11) is 0. The Morgan fingerprint density at radius 1 is 1.47 bits per heavy atom. The molecule has 0 bridgehead atoms. The summed E-state index contributed by atoms with van der Waals surface area (Å²) in [6.07, 6.45) is 0. The fraction of sp³-hybridized carbons (Fsp3) is 0.800. The molecule has 2 rings (SSSR count). The van der Waals surface area contributed by atoms with Gasteiger partial charge in [-0.3, -0.25) is 14.5 Å². The summed E-state index contributed by atoms with van der Waals surface area (Å²) in [6.45, 7) is 5.63. The minimum absolute atomic E-state index is 0.0708. The molecule has 0 aromatic heterocycles. The Kier molecular flexibility index (Phi) is 4.64. The van der Waals surface area contributed by atoms with Crippen molar-refractivity contribution in [1.82, 2.24) is 20.9 Å². The van der Waals surface area contributed by atoms with Gasteiger partial charge in [0.05, 0.1) is 0 Å². The maximum Gasteiger partial charge on any atom is 0.279 e. The first-order chi connectivity index (χ1) is 8.25. The highest BCUT2D eigenvalue weighted by atomic mass is 32.2. The van der Waals surface area contributed by atoms with E-state index >= 15 is 0 Å². The van der Waals surface area contributed by atoms with Gasteiger partial charge in [-0.25, -0.2) is 0 Å². The van der Waals surface area contributed by atoms with Gasteiger partial charge in [0, 0.05) is 45.0 Å². The molecule has 3 N–H and O–H groups in total. The maximum atomic E-state index is 11.7. The molecule has 2 aliphatic rings. The van der Waals surface area contributed by atoms with Gasteiger partial charge in [0.1, 0.15) is 6.04 Å². The monoisotopic (exact) mass is 258 g/mol. The fourth-order valence-electron chi connectivity index (χ4n) is 1.92. The average Bonchev–Trinajstić information content (AvgIpc) is 2.77. The average molecular weight is 258 g/mol. The fourth-order valence-corrected chi connectivity index (χ4v) is 2.70. The van der Waals surface area contributed by atoms with E-state index in [1.54, 1.807) is 0 Å². The summed E-state index contributed by atoms with van der Waals surface area (Å²) < 4.78 is 0. The second kappa shape index (κ2) is 6.23. The molecule has 0 spiro atoms. The van der Waals surface area contributed by atoms with Crippen LogP contribution in [0.4, 0.5) is 4.79 Å². The number of carbonyl (C=O) groups is 2. The molecule has 0 saturated carbocycles. The predicted molar refractivity (Wildman–Crippen MR) is 67.1 cm³/mol. The van der Waals surface area contributed by atoms with E-state index < -0.39 is 0 Å². The van der Waals surface area contributed by atoms with Crippen LogP contribution in [0.5, 0.6) is 0 Å². The van der Waals surface area contributed by atoms with Gasteiger partial charge in [0.25, 0.3) is 5.24 Å². The number of nitrogens with zero attached hydrogens (tertiary/aromatic N) is 1. The molecule has 0 aliphatic carbocycles. The van der Waals surface area contributed by atoms with Crippen LogP contribution in [-0.4, -0.2) is 67.1 Å². The van der Waals surface area contributed by atoms with Gasteiger partial charge in [0.2, 0.25) is 5.91 Å². The normalized spacial score (nSPS) is 25.6. The first-order valence-electron chi connectivity index (χ1n) is 5.90. The van der Waals surface area contributed by atoms with Crippen molar-refractivity contribution in [2.75, 3.05) is 45.0 Å². The molecule has 2 amide bonds. The molecule has 2 fully saturated rings. The van der Waals surface area contributed by atoms with Crippen molar-refractivity contribution in [3.05, 3.63) is 0 Å². The van der Waals surface area contributed by atoms with Crippen LogP contribution >= 0.6 is 11.8 Å². The molecule has 0 aromatic carbocycles. The molecule has 2 saturated heterocycles. The van der Waals surface area contributed by atoms with Crippen LogP contribution in [0.1, 0.15) is 0 Å². The van der Waals surface area contributed by atoms with Crippen LogP contribution in [0.15, 0.2) is 0 Å². The van der Waals surface area contributed by atoms with Crippen molar-refractivity contribution in [1.29, 1.82) is 0 Å². The van der Waals surface area contributed by atoms with E-state index in [0.717, 1.165) is 32.7 Å². The van der Waals surface area contributed by atoms with Crippen molar-refractivity contribution in [3.63, 3.8) is 0 Å². The summed E-state index contributed by atoms with van der Waals surface area (Å²) in [5.74, 6) is 0.469. The number of thioether (sulfide) groups is 1. The lowest BCUT2D eigenvalue weighted by Crippen LogP contribution is -2.48. The highest BCUT2D eigenvalue weighted by molar-refractivity contribution is 8.14. The number of amides is 2. The van der Waals surface area contributed by atoms with E-state index in [9.17, 15) is 9.59 Å². The Labute approximate surface area is 105 Å². The zero-order valence-electron chi connectivity index (χ0n) is 9.70. The first-order valence-corrected chi connectivity index (χ1v) is 6.88. The van der Waals surface area contributed by atoms with Crippen molar-refractivity contribution < 1.29 is 9.59 Å². The Balaban J connectivity index is 1.61. The summed E-state index contributed by atoms with van der Waals surface area (Å²) in [6, 6.07) is -0.351. The number of hydrogen-bond donors (Lipinski definition) is 3. The molecule has 0 aromatic rings. The van der Waals surface area contributed by atoms with Crippen LogP contribution in [0, 0.1) is 0 Å². The second-order valence-corrected chi connectivity index (χ2v) is 5.17. The molecule has 0 unspecified atom stereocenters. The van der Waals surface area contributed by atoms with E-state index in [-0.39, 0.29) is 17.2 Å². The van der Waals surface area contributed by atoms with Gasteiger partial charge >= 0.3 is 0 Å². The molecule has 17 heavy (non-hydrogen) atoms. The van der Waals surface area contributed by atoms with Crippen molar-refractivity contribution in [2.24, 2.45) is 0 Å². The lowest BCUT2D eigenvalue weighted by Gasteiger charge is -2.27. The molecule has 1 atom stereocenters. The standard InChI is InChI=1S/C10H18N4O2S/c15-9(8-7-17-10(16)13-8)12-3-6-14-4-1-11-2-5-14/h8,11H,1-7H2,(H,12,15)(H,13,16)/t8-/m0/s1. The third-order valence-corrected chi connectivity index (χ3v) is 3.81. The lowest BCUT2D eigenvalue weighted by molar-refractivity contribution is -0.122. The summed E-state index contributed by atoms with van der Waals surface area (Å²) in [4.78, 5) is 24.9. The quantitative estimate of drug-likeness (QED) is 0.593. The van der Waals surface area contributed by atoms with Crippen LogP contribution in [0.3, 0.4) is 0 Å². The number of nitrogens with one attached hydrogen (secondary N) is 3. The largest absolute Gasteiger partial charge is 0.353 e. The lowest BCUT2D eigenvalue weighted by atomic mass is 10.3. The third kappa shape index (κ3) is 3.86. The number of piperazine rings is 1. The molecular weight excluding hydrogens is 240 g/mol. The van der Waals surface area contributed by atoms with E-state index in [1.807, 2.05) is 0 Å². The molecule has 6 nitrogen and oxygen atoms in total. The summed E-state index contributed by atoms with van der Waals surface area (Å²) >= 11 is 1.17. The van der Waals surface area contributed by atoms with Crippen molar-refractivity contribution in [3.8, 4) is 0 Å². The number of rotatable bonds is 4. The zero-order valence-corrected chi connectivity index (χ0v) is 10.5. The molecule has 96 valence electrons. The minimum atomic E-state index is -0.351.